The van der Waals surface area contributed by atoms with Crippen LogP contribution in [0.3, 0.4) is 0 Å². The molecule has 0 saturated carbocycles. The van der Waals surface area contributed by atoms with Gasteiger partial charge >= 0.3 is 5.97 Å². The second-order valence-electron chi connectivity index (χ2n) is 9.55. The van der Waals surface area contributed by atoms with Gasteiger partial charge in [0, 0.05) is 41.4 Å². The third-order valence-electron chi connectivity index (χ3n) is 6.25. The highest BCUT2D eigenvalue weighted by molar-refractivity contribution is 6.00. The molecule has 0 aliphatic rings. The number of carbonyl (C=O) groups is 1. The molecule has 0 fully saturated rings. The molecule has 0 aliphatic heterocycles. The Bertz CT molecular complexity index is 1180. The quantitative estimate of drug-likeness (QED) is 0.269. The largest absolute Gasteiger partial charge is 0.493 e. The molecule has 0 unspecified atom stereocenters. The zero-order valence-corrected chi connectivity index (χ0v) is 21.0. The van der Waals surface area contributed by atoms with Crippen molar-refractivity contribution in [2.24, 2.45) is 7.05 Å². The van der Waals surface area contributed by atoms with Crippen LogP contribution in [-0.2, 0) is 11.8 Å². The predicted octanol–water partition coefficient (Wildman–Crippen LogP) is 7.76. The molecule has 0 amide bonds. The highest BCUT2D eigenvalue weighted by Gasteiger charge is 2.21. The number of aliphatic carboxylic acids is 1. The highest BCUT2D eigenvalue weighted by atomic mass is 16.5. The number of unbranched alkanes of at least 4 members (excludes halogenated alkanes) is 1. The van der Waals surface area contributed by atoms with Gasteiger partial charge in [-0.2, -0.15) is 0 Å². The smallest absolute Gasteiger partial charge is 0.328 e. The van der Waals surface area contributed by atoms with E-state index >= 15 is 0 Å². The molecule has 176 valence electrons. The van der Waals surface area contributed by atoms with Crippen molar-refractivity contribution in [2.75, 3.05) is 6.61 Å². The van der Waals surface area contributed by atoms with Crippen molar-refractivity contribution < 1.29 is 14.6 Å². The van der Waals surface area contributed by atoms with Crippen LogP contribution in [0.2, 0.25) is 0 Å². The van der Waals surface area contributed by atoms with Gasteiger partial charge in [-0.25, -0.2) is 4.79 Å². The molecule has 3 aromatic rings. The fraction of sp³-hybridized carbons (Fsp3) is 0.414. The topological polar surface area (TPSA) is 51.5 Å². The van der Waals surface area contributed by atoms with Crippen LogP contribution in [0.1, 0.15) is 82.9 Å². The lowest BCUT2D eigenvalue weighted by atomic mass is 9.89. The van der Waals surface area contributed by atoms with Gasteiger partial charge in [0.2, 0.25) is 0 Å². The second kappa shape index (κ2) is 10.3. The van der Waals surface area contributed by atoms with Gasteiger partial charge in [-0.05, 0) is 65.6 Å². The number of aromatic nitrogens is 1. The first-order chi connectivity index (χ1) is 15.6. The lowest BCUT2D eigenvalue weighted by Crippen LogP contribution is -2.05. The zero-order chi connectivity index (χ0) is 24.3. The number of fused-ring (bicyclic) bond motifs is 1. The Labute approximate surface area is 197 Å². The summed E-state index contributed by atoms with van der Waals surface area (Å²) in [5.41, 5.74) is 7.52. The monoisotopic (exact) mass is 447 g/mol. The number of carboxylic acid groups (broad SMARTS) is 1. The average molecular weight is 448 g/mol. The molecule has 0 atom stereocenters. The average Bonchev–Trinajstić information content (AvgIpc) is 3.08. The van der Waals surface area contributed by atoms with Gasteiger partial charge in [0.05, 0.1) is 6.61 Å². The van der Waals surface area contributed by atoms with Crippen LogP contribution >= 0.6 is 0 Å². The Morgan fingerprint density at radius 2 is 1.82 bits per heavy atom. The number of benzene rings is 2. The van der Waals surface area contributed by atoms with Crippen molar-refractivity contribution in [1.29, 1.82) is 0 Å². The Morgan fingerprint density at radius 3 is 2.42 bits per heavy atom. The predicted molar refractivity (Wildman–Crippen MR) is 138 cm³/mol. The summed E-state index contributed by atoms with van der Waals surface area (Å²) in [5, 5.41) is 10.3. The van der Waals surface area contributed by atoms with Gasteiger partial charge in [0.15, 0.2) is 0 Å². The number of hydrogen-bond acceptors (Lipinski definition) is 2. The summed E-state index contributed by atoms with van der Waals surface area (Å²) < 4.78 is 8.59. The summed E-state index contributed by atoms with van der Waals surface area (Å²) >= 11 is 0. The molecular weight excluding hydrogens is 410 g/mol. The summed E-state index contributed by atoms with van der Waals surface area (Å²) in [6.45, 7) is 13.6. The van der Waals surface area contributed by atoms with Gasteiger partial charge in [-0.1, -0.05) is 53.2 Å². The van der Waals surface area contributed by atoms with Crippen LogP contribution in [0.15, 0.2) is 42.6 Å². The lowest BCUT2D eigenvalue weighted by molar-refractivity contribution is -0.131. The molecule has 0 radical (unpaired) electrons. The normalized spacial score (nSPS) is 12.2. The minimum atomic E-state index is -0.932. The minimum absolute atomic E-state index is 0.338. The Balaban J connectivity index is 2.31. The van der Waals surface area contributed by atoms with Crippen LogP contribution < -0.4 is 4.74 Å². The maximum absolute atomic E-state index is 11.2. The SMILES string of the molecule is CCCCOc1c(-c2cn(C)c3ccc(/C(C)=C/C(=O)O)cc23)cc(C(C)C)cc1C(C)C. The van der Waals surface area contributed by atoms with Crippen LogP contribution in [0, 0.1) is 0 Å². The maximum Gasteiger partial charge on any atom is 0.328 e. The van der Waals surface area contributed by atoms with Crippen LogP contribution in [0.25, 0.3) is 27.6 Å². The number of allylic oxidation sites excluding steroid dienone is 1. The molecule has 1 aromatic heterocycles. The van der Waals surface area contributed by atoms with Crippen molar-refractivity contribution >= 4 is 22.4 Å². The van der Waals surface area contributed by atoms with E-state index in [4.69, 9.17) is 4.74 Å². The Hall–Kier alpha value is -3.01. The molecule has 0 aliphatic carbocycles. The first-order valence-electron chi connectivity index (χ1n) is 12.0. The first kappa shape index (κ1) is 24.6. The molecular formula is C29H37NO3. The standard InChI is InChI=1S/C29H37NO3/c1-8-9-12-33-29-23(19(4)5)15-22(18(2)3)16-25(29)26-17-30(7)27-11-10-21(14-24(26)27)20(6)13-28(31)32/h10-11,13-19H,8-9,12H2,1-7H3,(H,31,32)/b20-13+. The summed E-state index contributed by atoms with van der Waals surface area (Å²) in [6.07, 6.45) is 5.53. The third kappa shape index (κ3) is 5.32. The van der Waals surface area contributed by atoms with E-state index in [1.807, 2.05) is 13.0 Å². The number of rotatable bonds is 9. The van der Waals surface area contributed by atoms with Gasteiger partial charge < -0.3 is 14.4 Å². The maximum atomic E-state index is 11.2. The van der Waals surface area contributed by atoms with Crippen LogP contribution in [-0.4, -0.2) is 22.2 Å². The summed E-state index contributed by atoms with van der Waals surface area (Å²) in [4.78, 5) is 11.2. The number of hydrogen-bond donors (Lipinski definition) is 1. The van der Waals surface area contributed by atoms with Crippen LogP contribution in [0.4, 0.5) is 0 Å². The first-order valence-corrected chi connectivity index (χ1v) is 12.0. The summed E-state index contributed by atoms with van der Waals surface area (Å²) in [7, 11) is 2.05. The van der Waals surface area contributed by atoms with Crippen molar-refractivity contribution in [1.82, 2.24) is 4.57 Å². The molecule has 0 bridgehead atoms. The molecule has 1 N–H and O–H groups in total. The Morgan fingerprint density at radius 1 is 1.09 bits per heavy atom. The highest BCUT2D eigenvalue weighted by Crippen LogP contribution is 2.43. The van der Waals surface area contributed by atoms with E-state index in [-0.39, 0.29) is 0 Å². The van der Waals surface area contributed by atoms with Gasteiger partial charge in [0.1, 0.15) is 5.75 Å². The van der Waals surface area contributed by atoms with E-state index in [2.05, 4.69) is 76.7 Å². The molecule has 0 saturated heterocycles. The van der Waals surface area contributed by atoms with Gasteiger partial charge in [-0.3, -0.25) is 0 Å². The van der Waals surface area contributed by atoms with Crippen LogP contribution in [0.5, 0.6) is 5.75 Å². The number of nitrogens with zero attached hydrogens (tertiary/aromatic N) is 1. The number of ether oxygens (including phenoxy) is 1. The second-order valence-corrected chi connectivity index (χ2v) is 9.55. The zero-order valence-electron chi connectivity index (χ0n) is 21.0. The van der Waals surface area contributed by atoms with Crippen molar-refractivity contribution in [3.63, 3.8) is 0 Å². The van der Waals surface area contributed by atoms with Crippen molar-refractivity contribution in [2.45, 2.75) is 66.2 Å². The van der Waals surface area contributed by atoms with Crippen molar-refractivity contribution in [3.8, 4) is 16.9 Å². The molecule has 33 heavy (non-hydrogen) atoms. The van der Waals surface area contributed by atoms with Crippen molar-refractivity contribution in [3.05, 3.63) is 59.3 Å². The molecule has 4 heteroatoms. The fourth-order valence-electron chi connectivity index (χ4n) is 4.24. The van der Waals surface area contributed by atoms with Gasteiger partial charge in [0.25, 0.3) is 0 Å². The third-order valence-corrected chi connectivity index (χ3v) is 6.25. The van der Waals surface area contributed by atoms with E-state index in [1.165, 1.54) is 17.2 Å². The summed E-state index contributed by atoms with van der Waals surface area (Å²) in [5.74, 6) is 0.778. The van der Waals surface area contributed by atoms with E-state index in [9.17, 15) is 9.90 Å². The summed E-state index contributed by atoms with van der Waals surface area (Å²) in [6, 6.07) is 10.7. The number of carboxylic acids is 1. The minimum Gasteiger partial charge on any atom is -0.493 e. The van der Waals surface area contributed by atoms with Gasteiger partial charge in [-0.15, -0.1) is 0 Å². The fourth-order valence-corrected chi connectivity index (χ4v) is 4.24. The molecule has 3 rings (SSSR count). The lowest BCUT2D eigenvalue weighted by Gasteiger charge is -2.21. The molecule has 0 spiro atoms. The molecule has 2 aromatic carbocycles. The Kier molecular flexibility index (Phi) is 7.68. The molecule has 1 heterocycles. The van der Waals surface area contributed by atoms with E-state index < -0.39 is 5.97 Å². The van der Waals surface area contributed by atoms with E-state index in [1.54, 1.807) is 0 Å². The van der Waals surface area contributed by atoms with E-state index in [0.717, 1.165) is 51.8 Å². The number of aryl methyl sites for hydroxylation is 1. The molecule has 4 nitrogen and oxygen atoms in total. The van der Waals surface area contributed by atoms with E-state index in [0.29, 0.717) is 18.4 Å².